The SMILES string of the molecule is CC1C=C(C(=O)Nc2ccc(Cl)cc2C(=O)Nc2ccc(Cl)cc2)C=CC1C(=N)N(C)C. The molecule has 0 saturated heterocycles. The average molecular weight is 471 g/mol. The molecule has 6 nitrogen and oxygen atoms in total. The second-order valence-electron chi connectivity index (χ2n) is 7.75. The number of benzene rings is 2. The number of anilines is 2. The number of nitrogens with one attached hydrogen (secondary N) is 3. The van der Waals surface area contributed by atoms with Gasteiger partial charge in [-0.1, -0.05) is 48.4 Å². The summed E-state index contributed by atoms with van der Waals surface area (Å²) in [4.78, 5) is 27.5. The summed E-state index contributed by atoms with van der Waals surface area (Å²) in [7, 11) is 3.65. The molecule has 2 aromatic carbocycles. The molecule has 0 saturated carbocycles. The molecular weight excluding hydrogens is 447 g/mol. The number of allylic oxidation sites excluding steroid dienone is 1. The van der Waals surface area contributed by atoms with Crippen molar-refractivity contribution in [1.29, 1.82) is 5.41 Å². The van der Waals surface area contributed by atoms with Crippen LogP contribution in [0.4, 0.5) is 11.4 Å². The van der Waals surface area contributed by atoms with Crippen molar-refractivity contribution in [2.75, 3.05) is 24.7 Å². The third-order valence-corrected chi connectivity index (χ3v) is 5.62. The number of rotatable bonds is 5. The quantitative estimate of drug-likeness (QED) is 0.399. The van der Waals surface area contributed by atoms with Gasteiger partial charge in [0.25, 0.3) is 11.8 Å². The van der Waals surface area contributed by atoms with Crippen LogP contribution in [0, 0.1) is 17.2 Å². The van der Waals surface area contributed by atoms with Gasteiger partial charge in [-0.15, -0.1) is 0 Å². The molecule has 3 rings (SSSR count). The highest BCUT2D eigenvalue weighted by atomic mass is 35.5. The Morgan fingerprint density at radius 2 is 1.62 bits per heavy atom. The maximum absolute atomic E-state index is 12.9. The smallest absolute Gasteiger partial charge is 0.257 e. The third kappa shape index (κ3) is 5.58. The van der Waals surface area contributed by atoms with Gasteiger partial charge in [0.05, 0.1) is 11.3 Å². The summed E-state index contributed by atoms with van der Waals surface area (Å²) in [6.07, 6.45) is 5.40. The molecule has 2 atom stereocenters. The Balaban J connectivity index is 1.78. The van der Waals surface area contributed by atoms with Crippen molar-refractivity contribution in [1.82, 2.24) is 4.90 Å². The van der Waals surface area contributed by atoms with Crippen LogP contribution in [-0.4, -0.2) is 36.6 Å². The van der Waals surface area contributed by atoms with Crippen LogP contribution in [0.5, 0.6) is 0 Å². The second kappa shape index (κ2) is 10.0. The average Bonchev–Trinajstić information content (AvgIpc) is 2.75. The summed E-state index contributed by atoms with van der Waals surface area (Å²) < 4.78 is 0. The van der Waals surface area contributed by atoms with Crippen LogP contribution in [-0.2, 0) is 4.79 Å². The van der Waals surface area contributed by atoms with E-state index in [2.05, 4.69) is 10.6 Å². The molecule has 0 fully saturated rings. The summed E-state index contributed by atoms with van der Waals surface area (Å²) in [5.74, 6) is -0.397. The van der Waals surface area contributed by atoms with Crippen LogP contribution in [0.1, 0.15) is 17.3 Å². The minimum absolute atomic E-state index is 0.0199. The number of hydrogen-bond donors (Lipinski definition) is 3. The van der Waals surface area contributed by atoms with E-state index in [1.54, 1.807) is 47.4 Å². The van der Waals surface area contributed by atoms with Crippen LogP contribution >= 0.6 is 23.2 Å². The van der Waals surface area contributed by atoms with Gasteiger partial charge in [0, 0.05) is 41.3 Å². The monoisotopic (exact) mass is 470 g/mol. The topological polar surface area (TPSA) is 85.3 Å². The first-order valence-corrected chi connectivity index (χ1v) is 10.7. The fraction of sp³-hybridized carbons (Fsp3) is 0.208. The summed E-state index contributed by atoms with van der Waals surface area (Å²) >= 11 is 12.0. The molecule has 0 aromatic heterocycles. The molecule has 0 heterocycles. The molecule has 3 N–H and O–H groups in total. The number of nitrogens with zero attached hydrogens (tertiary/aromatic N) is 1. The van der Waals surface area contributed by atoms with Crippen LogP contribution in [0.2, 0.25) is 10.0 Å². The molecular formula is C24H24Cl2N4O2. The van der Waals surface area contributed by atoms with Gasteiger partial charge >= 0.3 is 0 Å². The van der Waals surface area contributed by atoms with Crippen LogP contribution in [0.3, 0.4) is 0 Å². The summed E-state index contributed by atoms with van der Waals surface area (Å²) in [5, 5.41) is 14.7. The van der Waals surface area contributed by atoms with Gasteiger partial charge in [0.2, 0.25) is 0 Å². The van der Waals surface area contributed by atoms with E-state index in [9.17, 15) is 9.59 Å². The molecule has 0 bridgehead atoms. The predicted molar refractivity (Wildman–Crippen MR) is 131 cm³/mol. The molecule has 1 aliphatic carbocycles. The Labute approximate surface area is 197 Å². The first kappa shape index (κ1) is 23.6. The number of hydrogen-bond acceptors (Lipinski definition) is 3. The van der Waals surface area contributed by atoms with Gasteiger partial charge in [0.15, 0.2) is 0 Å². The van der Waals surface area contributed by atoms with Gasteiger partial charge in [-0.3, -0.25) is 15.0 Å². The molecule has 0 aliphatic heterocycles. The maximum atomic E-state index is 12.9. The highest BCUT2D eigenvalue weighted by molar-refractivity contribution is 6.31. The molecule has 166 valence electrons. The number of carbonyl (C=O) groups is 2. The van der Waals surface area contributed by atoms with Gasteiger partial charge in [-0.2, -0.15) is 0 Å². The Hall–Kier alpha value is -3.09. The number of amides is 2. The molecule has 0 radical (unpaired) electrons. The lowest BCUT2D eigenvalue weighted by Crippen LogP contribution is -2.32. The zero-order valence-electron chi connectivity index (χ0n) is 17.9. The lowest BCUT2D eigenvalue weighted by molar-refractivity contribution is -0.112. The van der Waals surface area contributed by atoms with Crippen molar-refractivity contribution in [3.63, 3.8) is 0 Å². The number of halogens is 2. The van der Waals surface area contributed by atoms with E-state index in [1.807, 2.05) is 33.2 Å². The molecule has 2 unspecified atom stereocenters. The Morgan fingerprint density at radius 3 is 2.25 bits per heavy atom. The van der Waals surface area contributed by atoms with Gasteiger partial charge in [-0.05, 0) is 48.4 Å². The Bertz CT molecular complexity index is 1110. The van der Waals surface area contributed by atoms with Crippen molar-refractivity contribution in [2.24, 2.45) is 11.8 Å². The Morgan fingerprint density at radius 1 is 0.969 bits per heavy atom. The summed E-state index contributed by atoms with van der Waals surface area (Å²) in [5.41, 5.74) is 1.62. The molecule has 1 aliphatic rings. The normalized spacial score (nSPS) is 17.3. The highest BCUT2D eigenvalue weighted by Gasteiger charge is 2.25. The molecule has 2 amide bonds. The van der Waals surface area contributed by atoms with Crippen LogP contribution in [0.25, 0.3) is 0 Å². The summed E-state index contributed by atoms with van der Waals surface area (Å²) in [6.45, 7) is 1.97. The summed E-state index contributed by atoms with van der Waals surface area (Å²) in [6, 6.07) is 11.4. The van der Waals surface area contributed by atoms with Gasteiger partial charge in [0.1, 0.15) is 5.84 Å². The Kier molecular flexibility index (Phi) is 7.38. The lowest BCUT2D eigenvalue weighted by Gasteiger charge is -2.27. The van der Waals surface area contributed by atoms with E-state index in [-0.39, 0.29) is 23.3 Å². The third-order valence-electron chi connectivity index (χ3n) is 5.13. The molecule has 32 heavy (non-hydrogen) atoms. The van der Waals surface area contributed by atoms with E-state index < -0.39 is 5.91 Å². The van der Waals surface area contributed by atoms with Crippen molar-refractivity contribution in [2.45, 2.75) is 6.92 Å². The van der Waals surface area contributed by atoms with E-state index in [0.29, 0.717) is 32.8 Å². The van der Waals surface area contributed by atoms with Crippen LogP contribution < -0.4 is 10.6 Å². The first-order chi connectivity index (χ1) is 15.2. The molecule has 0 spiro atoms. The highest BCUT2D eigenvalue weighted by Crippen LogP contribution is 2.27. The largest absolute Gasteiger partial charge is 0.366 e. The zero-order chi connectivity index (χ0) is 23.4. The fourth-order valence-corrected chi connectivity index (χ4v) is 3.65. The lowest BCUT2D eigenvalue weighted by atomic mass is 9.85. The van der Waals surface area contributed by atoms with Crippen molar-refractivity contribution >= 4 is 52.2 Å². The van der Waals surface area contributed by atoms with Crippen molar-refractivity contribution in [3.8, 4) is 0 Å². The number of amidine groups is 1. The minimum atomic E-state index is -0.411. The van der Waals surface area contributed by atoms with E-state index in [1.165, 1.54) is 6.07 Å². The van der Waals surface area contributed by atoms with Gasteiger partial charge in [-0.25, -0.2) is 0 Å². The van der Waals surface area contributed by atoms with E-state index in [0.717, 1.165) is 0 Å². The predicted octanol–water partition coefficient (Wildman–Crippen LogP) is 5.47. The second-order valence-corrected chi connectivity index (χ2v) is 8.62. The molecule has 8 heteroatoms. The van der Waals surface area contributed by atoms with Crippen LogP contribution in [0.15, 0.2) is 66.3 Å². The van der Waals surface area contributed by atoms with Crippen molar-refractivity contribution in [3.05, 3.63) is 81.9 Å². The first-order valence-electron chi connectivity index (χ1n) is 9.99. The zero-order valence-corrected chi connectivity index (χ0v) is 19.5. The van der Waals surface area contributed by atoms with Gasteiger partial charge < -0.3 is 15.5 Å². The van der Waals surface area contributed by atoms with E-state index >= 15 is 0 Å². The molecule has 2 aromatic rings. The minimum Gasteiger partial charge on any atom is -0.366 e. The maximum Gasteiger partial charge on any atom is 0.257 e. The van der Waals surface area contributed by atoms with Crippen molar-refractivity contribution < 1.29 is 9.59 Å². The number of carbonyl (C=O) groups excluding carboxylic acids is 2. The van der Waals surface area contributed by atoms with E-state index in [4.69, 9.17) is 28.6 Å². The fourth-order valence-electron chi connectivity index (χ4n) is 3.35. The standard InChI is InChI=1S/C24H24Cl2N4O2/c1-14-12-15(4-10-19(14)22(27)30(2)3)23(31)29-21-11-7-17(26)13-20(21)24(32)28-18-8-5-16(25)6-9-18/h4-14,19,27H,1-3H3,(H,28,32)(H,29,31).